The van der Waals surface area contributed by atoms with E-state index in [9.17, 15) is 4.79 Å². The van der Waals surface area contributed by atoms with Gasteiger partial charge in [0.15, 0.2) is 6.29 Å². The van der Waals surface area contributed by atoms with Crippen molar-refractivity contribution >= 4 is 27.8 Å². The third kappa shape index (κ3) is 2.60. The zero-order valence-electron chi connectivity index (χ0n) is 15.3. The van der Waals surface area contributed by atoms with Crippen molar-refractivity contribution in [2.24, 2.45) is 0 Å². The van der Waals surface area contributed by atoms with Crippen molar-refractivity contribution in [2.75, 3.05) is 0 Å². The summed E-state index contributed by atoms with van der Waals surface area (Å²) in [7, 11) is 0. The molecule has 0 aliphatic heterocycles. The summed E-state index contributed by atoms with van der Waals surface area (Å²) in [6.07, 6.45) is 0.964. The molecule has 0 N–H and O–H groups in total. The number of carbonyl (C=O) groups is 1. The van der Waals surface area contributed by atoms with Crippen molar-refractivity contribution in [3.63, 3.8) is 0 Å². The topological polar surface area (TPSA) is 17.1 Å². The summed E-state index contributed by atoms with van der Waals surface area (Å²) in [4.78, 5) is 12.0. The first-order valence-corrected chi connectivity index (χ1v) is 9.41. The molecule has 0 aliphatic carbocycles. The van der Waals surface area contributed by atoms with E-state index in [2.05, 4.69) is 78.9 Å². The van der Waals surface area contributed by atoms with Crippen molar-refractivity contribution in [2.45, 2.75) is 0 Å². The Balaban J connectivity index is 1.90. The average molecular weight is 358 g/mol. The van der Waals surface area contributed by atoms with Crippen LogP contribution in [0.4, 0.5) is 0 Å². The Bertz CT molecular complexity index is 1320. The maximum Gasteiger partial charge on any atom is 0.150 e. The monoisotopic (exact) mass is 358 g/mol. The summed E-state index contributed by atoms with van der Waals surface area (Å²) in [5.74, 6) is 0. The normalized spacial score (nSPS) is 11.0. The van der Waals surface area contributed by atoms with Crippen LogP contribution in [0.2, 0.25) is 0 Å². The van der Waals surface area contributed by atoms with Gasteiger partial charge in [0.05, 0.1) is 0 Å². The van der Waals surface area contributed by atoms with Gasteiger partial charge in [-0.3, -0.25) is 4.79 Å². The number of hydrogen-bond donors (Lipinski definition) is 0. The number of carbonyl (C=O) groups excluding carboxylic acids is 1. The fourth-order valence-corrected chi connectivity index (χ4v) is 4.10. The van der Waals surface area contributed by atoms with Gasteiger partial charge in [0.2, 0.25) is 0 Å². The van der Waals surface area contributed by atoms with E-state index in [1.807, 2.05) is 24.3 Å². The Hall–Kier alpha value is -3.71. The van der Waals surface area contributed by atoms with Gasteiger partial charge < -0.3 is 0 Å². The molecule has 0 atom stereocenters. The highest BCUT2D eigenvalue weighted by molar-refractivity contribution is 6.08. The Morgan fingerprint density at radius 3 is 1.64 bits per heavy atom. The molecule has 0 unspecified atom stereocenters. The van der Waals surface area contributed by atoms with Crippen LogP contribution in [-0.4, -0.2) is 6.29 Å². The van der Waals surface area contributed by atoms with Crippen LogP contribution in [0.25, 0.3) is 43.8 Å². The van der Waals surface area contributed by atoms with Crippen LogP contribution in [0.3, 0.4) is 0 Å². The van der Waals surface area contributed by atoms with E-state index in [0.717, 1.165) is 33.9 Å². The summed E-state index contributed by atoms with van der Waals surface area (Å²) in [6, 6.07) is 35.3. The van der Waals surface area contributed by atoms with Gasteiger partial charge in [-0.15, -0.1) is 0 Å². The molecule has 5 aromatic carbocycles. The third-order valence-corrected chi connectivity index (χ3v) is 5.36. The standard InChI is InChI=1S/C27H18O/c28-18-21-12-7-17-26(24-15-5-10-19-8-1-3-13-22(19)24)27(21)25-16-6-11-20-9-2-4-14-23(20)25/h1-18H. The predicted molar refractivity (Wildman–Crippen MR) is 118 cm³/mol. The molecule has 0 saturated carbocycles. The van der Waals surface area contributed by atoms with Gasteiger partial charge in [0.25, 0.3) is 0 Å². The fourth-order valence-electron chi connectivity index (χ4n) is 4.10. The lowest BCUT2D eigenvalue weighted by molar-refractivity contribution is 0.112. The molecule has 28 heavy (non-hydrogen) atoms. The largest absolute Gasteiger partial charge is 0.298 e. The third-order valence-electron chi connectivity index (χ3n) is 5.36. The van der Waals surface area contributed by atoms with Crippen LogP contribution in [0.15, 0.2) is 103 Å². The zero-order chi connectivity index (χ0) is 18.9. The molecule has 0 bridgehead atoms. The summed E-state index contributed by atoms with van der Waals surface area (Å²) in [5, 5.41) is 4.71. The second kappa shape index (κ2) is 6.79. The van der Waals surface area contributed by atoms with Crippen LogP contribution >= 0.6 is 0 Å². The highest BCUT2D eigenvalue weighted by atomic mass is 16.1. The van der Waals surface area contributed by atoms with Crippen molar-refractivity contribution in [3.8, 4) is 22.3 Å². The molecular formula is C27H18O. The van der Waals surface area contributed by atoms with Gasteiger partial charge in [-0.25, -0.2) is 0 Å². The van der Waals surface area contributed by atoms with Crippen molar-refractivity contribution in [1.82, 2.24) is 0 Å². The lowest BCUT2D eigenvalue weighted by Gasteiger charge is -2.16. The predicted octanol–water partition coefficient (Wildman–Crippen LogP) is 7.14. The molecular weight excluding hydrogens is 340 g/mol. The minimum Gasteiger partial charge on any atom is -0.298 e. The maximum absolute atomic E-state index is 12.0. The maximum atomic E-state index is 12.0. The minimum atomic E-state index is 0.710. The summed E-state index contributed by atoms with van der Waals surface area (Å²) in [6.45, 7) is 0. The first kappa shape index (κ1) is 16.5. The second-order valence-electron chi connectivity index (χ2n) is 6.94. The first-order valence-electron chi connectivity index (χ1n) is 9.41. The molecule has 0 spiro atoms. The number of fused-ring (bicyclic) bond motifs is 2. The molecule has 0 heterocycles. The second-order valence-corrected chi connectivity index (χ2v) is 6.94. The smallest absolute Gasteiger partial charge is 0.150 e. The molecule has 0 amide bonds. The lowest BCUT2D eigenvalue weighted by atomic mass is 9.87. The summed E-state index contributed by atoms with van der Waals surface area (Å²) >= 11 is 0. The highest BCUT2D eigenvalue weighted by Gasteiger charge is 2.15. The number of rotatable bonds is 3. The van der Waals surface area contributed by atoms with E-state index in [-0.39, 0.29) is 0 Å². The highest BCUT2D eigenvalue weighted by Crippen LogP contribution is 2.40. The summed E-state index contributed by atoms with van der Waals surface area (Å²) in [5.41, 5.74) is 5.01. The first-order chi connectivity index (χ1) is 13.9. The molecule has 0 radical (unpaired) electrons. The Kier molecular flexibility index (Phi) is 3.99. The Morgan fingerprint density at radius 2 is 0.964 bits per heavy atom. The van der Waals surface area contributed by atoms with Crippen molar-refractivity contribution in [3.05, 3.63) is 109 Å². The van der Waals surface area contributed by atoms with Crippen LogP contribution in [-0.2, 0) is 0 Å². The van der Waals surface area contributed by atoms with Crippen molar-refractivity contribution in [1.29, 1.82) is 0 Å². The van der Waals surface area contributed by atoms with Gasteiger partial charge >= 0.3 is 0 Å². The fraction of sp³-hybridized carbons (Fsp3) is 0. The van der Waals surface area contributed by atoms with Crippen LogP contribution in [0.5, 0.6) is 0 Å². The molecule has 0 aliphatic rings. The van der Waals surface area contributed by atoms with E-state index in [4.69, 9.17) is 0 Å². The number of benzene rings is 5. The van der Waals surface area contributed by atoms with E-state index in [1.165, 1.54) is 16.2 Å². The SMILES string of the molecule is O=Cc1cccc(-c2cccc3ccccc23)c1-c1cccc2ccccc12. The summed E-state index contributed by atoms with van der Waals surface area (Å²) < 4.78 is 0. The Labute approximate surface area is 163 Å². The molecule has 1 nitrogen and oxygen atoms in total. The number of hydrogen-bond acceptors (Lipinski definition) is 1. The van der Waals surface area contributed by atoms with E-state index in [1.54, 1.807) is 0 Å². The quantitative estimate of drug-likeness (QED) is 0.313. The lowest BCUT2D eigenvalue weighted by Crippen LogP contribution is -1.94. The average Bonchev–Trinajstić information content (AvgIpc) is 2.78. The molecule has 0 saturated heterocycles. The van der Waals surface area contributed by atoms with Gasteiger partial charge in [0, 0.05) is 11.1 Å². The molecule has 0 fully saturated rings. The van der Waals surface area contributed by atoms with Gasteiger partial charge in [-0.1, -0.05) is 103 Å². The molecule has 0 aromatic heterocycles. The van der Waals surface area contributed by atoms with E-state index < -0.39 is 0 Å². The zero-order valence-corrected chi connectivity index (χ0v) is 15.3. The van der Waals surface area contributed by atoms with Gasteiger partial charge in [0.1, 0.15) is 0 Å². The van der Waals surface area contributed by atoms with Crippen LogP contribution in [0.1, 0.15) is 10.4 Å². The van der Waals surface area contributed by atoms with Gasteiger partial charge in [-0.05, 0) is 38.2 Å². The minimum absolute atomic E-state index is 0.710. The molecule has 5 aromatic rings. The van der Waals surface area contributed by atoms with E-state index in [0.29, 0.717) is 5.56 Å². The van der Waals surface area contributed by atoms with Crippen LogP contribution in [0, 0.1) is 0 Å². The molecule has 132 valence electrons. The van der Waals surface area contributed by atoms with Gasteiger partial charge in [-0.2, -0.15) is 0 Å². The number of aldehydes is 1. The van der Waals surface area contributed by atoms with Crippen molar-refractivity contribution < 1.29 is 4.79 Å². The Morgan fingerprint density at radius 1 is 0.464 bits per heavy atom. The molecule has 5 rings (SSSR count). The van der Waals surface area contributed by atoms with E-state index >= 15 is 0 Å². The van der Waals surface area contributed by atoms with Crippen LogP contribution < -0.4 is 0 Å². The molecule has 1 heteroatoms.